The van der Waals surface area contributed by atoms with E-state index in [1.807, 2.05) is 0 Å². The van der Waals surface area contributed by atoms with E-state index in [2.05, 4.69) is 15.9 Å². The van der Waals surface area contributed by atoms with Gasteiger partial charge in [0, 0.05) is 7.05 Å². The number of carbonyl (C=O) groups excluding carboxylic acids is 3. The van der Waals surface area contributed by atoms with Crippen LogP contribution in [-0.4, -0.2) is 57.8 Å². The molecule has 0 aromatic carbocycles. The third-order valence-corrected chi connectivity index (χ3v) is 2.94. The quantitative estimate of drug-likeness (QED) is 0.565. The first-order valence-electron chi connectivity index (χ1n) is 5.99. The second kappa shape index (κ2) is 5.48. The molecule has 1 fully saturated rings. The van der Waals surface area contributed by atoms with Gasteiger partial charge < -0.3 is 9.64 Å². The van der Waals surface area contributed by atoms with Crippen molar-refractivity contribution in [1.29, 1.82) is 0 Å². The zero-order valence-corrected chi connectivity index (χ0v) is 13.4. The smallest absolute Gasteiger partial charge is 0.331 e. The maximum Gasteiger partial charge on any atom is 0.331 e. The van der Waals surface area contributed by atoms with Gasteiger partial charge in [-0.05, 0) is 27.7 Å². The third-order valence-electron chi connectivity index (χ3n) is 2.55. The van der Waals surface area contributed by atoms with Crippen molar-refractivity contribution >= 4 is 33.8 Å². The van der Waals surface area contributed by atoms with E-state index < -0.39 is 34.4 Å². The zero-order valence-electron chi connectivity index (χ0n) is 11.8. The van der Waals surface area contributed by atoms with E-state index in [-0.39, 0.29) is 6.54 Å². The van der Waals surface area contributed by atoms with Gasteiger partial charge >= 0.3 is 12.0 Å². The Morgan fingerprint density at radius 3 is 2.37 bits per heavy atom. The van der Waals surface area contributed by atoms with Crippen LogP contribution >= 0.6 is 15.9 Å². The molecule has 0 aromatic heterocycles. The largest absolute Gasteiger partial charge is 0.458 e. The summed E-state index contributed by atoms with van der Waals surface area (Å²) in [7, 11) is 1.55. The summed E-state index contributed by atoms with van der Waals surface area (Å²) in [6, 6.07) is -1.36. The molecule has 0 N–H and O–H groups in total. The molecular formula is C12H19BrN2O4. The number of nitrogens with zero attached hydrogens (tertiary/aromatic N) is 2. The summed E-state index contributed by atoms with van der Waals surface area (Å²) in [6.07, 6.45) is 0. The van der Waals surface area contributed by atoms with Crippen molar-refractivity contribution in [3.63, 3.8) is 0 Å². The maximum absolute atomic E-state index is 12.1. The summed E-state index contributed by atoms with van der Waals surface area (Å²) < 4.78 is 5.25. The first kappa shape index (κ1) is 15.9. The van der Waals surface area contributed by atoms with Crippen LogP contribution in [0.25, 0.3) is 0 Å². The van der Waals surface area contributed by atoms with Gasteiger partial charge in [0.1, 0.15) is 5.60 Å². The van der Waals surface area contributed by atoms with Gasteiger partial charge in [-0.15, -0.1) is 0 Å². The number of carbonyl (C=O) groups is 3. The van der Waals surface area contributed by atoms with Crippen LogP contribution in [0.3, 0.4) is 0 Å². The second-order valence-electron chi connectivity index (χ2n) is 5.54. The molecule has 1 aliphatic heterocycles. The Bertz CT molecular complexity index is 403. The van der Waals surface area contributed by atoms with Crippen molar-refractivity contribution in [1.82, 2.24) is 9.80 Å². The molecule has 0 unspecified atom stereocenters. The minimum Gasteiger partial charge on any atom is -0.458 e. The number of imide groups is 1. The fourth-order valence-corrected chi connectivity index (χ4v) is 1.95. The zero-order chi connectivity index (χ0) is 15.0. The fraction of sp³-hybridized carbons (Fsp3) is 0.750. The number of halogens is 1. The average Bonchev–Trinajstić information content (AvgIpc) is 2.52. The van der Waals surface area contributed by atoms with Crippen molar-refractivity contribution < 1.29 is 19.1 Å². The number of rotatable bonds is 2. The van der Waals surface area contributed by atoms with Crippen molar-refractivity contribution in [2.45, 2.75) is 44.2 Å². The number of likely N-dealkylation sites (N-methyl/N-ethyl adjacent to an activating group) is 1. The second-order valence-corrected chi connectivity index (χ2v) is 6.91. The van der Waals surface area contributed by atoms with Crippen molar-refractivity contribution in [3.8, 4) is 0 Å². The summed E-state index contributed by atoms with van der Waals surface area (Å²) in [5.74, 6) is -1.00. The Morgan fingerprint density at radius 2 is 1.95 bits per heavy atom. The normalized spacial score (nSPS) is 21.6. The standard InChI is InChI=1S/C12H19BrN2O4/c1-7(13)9(16)15-8(6-14(5)11(15)18)10(17)19-12(2,3)4/h7-8H,6H2,1-5H3/t7-,8+/m1/s1. The van der Waals surface area contributed by atoms with E-state index in [0.717, 1.165) is 4.90 Å². The van der Waals surface area contributed by atoms with Crippen LogP contribution in [0.5, 0.6) is 0 Å². The van der Waals surface area contributed by atoms with E-state index >= 15 is 0 Å². The van der Waals surface area contributed by atoms with Gasteiger partial charge in [-0.1, -0.05) is 15.9 Å². The lowest BCUT2D eigenvalue weighted by Gasteiger charge is -2.25. The van der Waals surface area contributed by atoms with E-state index in [1.54, 1.807) is 34.7 Å². The Morgan fingerprint density at radius 1 is 1.42 bits per heavy atom. The van der Waals surface area contributed by atoms with E-state index in [9.17, 15) is 14.4 Å². The lowest BCUT2D eigenvalue weighted by atomic mass is 10.2. The lowest BCUT2D eigenvalue weighted by Crippen LogP contribution is -2.48. The molecule has 19 heavy (non-hydrogen) atoms. The first-order valence-corrected chi connectivity index (χ1v) is 6.91. The van der Waals surface area contributed by atoms with E-state index in [4.69, 9.17) is 4.74 Å². The van der Waals surface area contributed by atoms with Gasteiger partial charge in [0.25, 0.3) is 0 Å². The minimum atomic E-state index is -0.885. The average molecular weight is 335 g/mol. The number of amides is 3. The van der Waals surface area contributed by atoms with Gasteiger partial charge in [0.05, 0.1) is 11.4 Å². The van der Waals surface area contributed by atoms with Crippen molar-refractivity contribution in [2.24, 2.45) is 0 Å². The molecule has 0 spiro atoms. The number of hydrogen-bond acceptors (Lipinski definition) is 4. The minimum absolute atomic E-state index is 0.152. The molecule has 1 heterocycles. The molecule has 0 radical (unpaired) electrons. The van der Waals surface area contributed by atoms with Gasteiger partial charge in [0.2, 0.25) is 5.91 Å². The molecule has 1 aliphatic rings. The SMILES string of the molecule is C[C@@H](Br)C(=O)N1C(=O)N(C)C[C@H]1C(=O)OC(C)(C)C. The third kappa shape index (κ3) is 3.68. The monoisotopic (exact) mass is 334 g/mol. The van der Waals surface area contributed by atoms with Crippen molar-refractivity contribution in [2.75, 3.05) is 13.6 Å². The van der Waals surface area contributed by atoms with Crippen LogP contribution in [0.1, 0.15) is 27.7 Å². The number of alkyl halides is 1. The highest BCUT2D eigenvalue weighted by molar-refractivity contribution is 9.10. The fourth-order valence-electron chi connectivity index (χ4n) is 1.73. The first-order chi connectivity index (χ1) is 8.54. The van der Waals surface area contributed by atoms with Gasteiger partial charge in [-0.2, -0.15) is 0 Å². The molecule has 3 amide bonds. The topological polar surface area (TPSA) is 66.9 Å². The summed E-state index contributed by atoms with van der Waals surface area (Å²) >= 11 is 3.12. The predicted molar refractivity (Wildman–Crippen MR) is 72.9 cm³/mol. The molecular weight excluding hydrogens is 316 g/mol. The number of esters is 1. The van der Waals surface area contributed by atoms with E-state index in [0.29, 0.717) is 0 Å². The molecule has 0 saturated carbocycles. The van der Waals surface area contributed by atoms with Crippen LogP contribution in [-0.2, 0) is 14.3 Å². The molecule has 108 valence electrons. The molecule has 1 rings (SSSR count). The van der Waals surface area contributed by atoms with Crippen LogP contribution in [0.15, 0.2) is 0 Å². The van der Waals surface area contributed by atoms with E-state index in [1.165, 1.54) is 4.90 Å². The summed E-state index contributed by atoms with van der Waals surface area (Å²) in [5.41, 5.74) is -0.657. The van der Waals surface area contributed by atoms with Crippen LogP contribution < -0.4 is 0 Å². The summed E-state index contributed by atoms with van der Waals surface area (Å²) in [6.45, 7) is 6.99. The van der Waals surface area contributed by atoms with Crippen LogP contribution in [0.4, 0.5) is 4.79 Å². The summed E-state index contributed by atoms with van der Waals surface area (Å²) in [5, 5.41) is 0. The molecule has 2 atom stereocenters. The number of ether oxygens (including phenoxy) is 1. The summed E-state index contributed by atoms with van der Waals surface area (Å²) in [4.78, 5) is 37.8. The molecule has 0 aromatic rings. The Balaban J connectivity index is 2.95. The lowest BCUT2D eigenvalue weighted by molar-refractivity contribution is -0.161. The molecule has 7 heteroatoms. The van der Waals surface area contributed by atoms with Gasteiger partial charge in [-0.3, -0.25) is 4.79 Å². The van der Waals surface area contributed by atoms with Crippen LogP contribution in [0, 0.1) is 0 Å². The van der Waals surface area contributed by atoms with Gasteiger partial charge in [0.15, 0.2) is 6.04 Å². The molecule has 0 bridgehead atoms. The predicted octanol–water partition coefficient (Wildman–Crippen LogP) is 1.37. The maximum atomic E-state index is 12.1. The Labute approximate surface area is 121 Å². The Kier molecular flexibility index (Phi) is 4.60. The molecule has 6 nitrogen and oxygen atoms in total. The molecule has 1 saturated heterocycles. The highest BCUT2D eigenvalue weighted by Gasteiger charge is 2.46. The van der Waals surface area contributed by atoms with Gasteiger partial charge in [-0.25, -0.2) is 14.5 Å². The molecule has 0 aliphatic carbocycles. The highest BCUT2D eigenvalue weighted by Crippen LogP contribution is 2.21. The number of hydrogen-bond donors (Lipinski definition) is 0. The Hall–Kier alpha value is -1.11. The highest BCUT2D eigenvalue weighted by atomic mass is 79.9. The number of urea groups is 1. The van der Waals surface area contributed by atoms with Crippen molar-refractivity contribution in [3.05, 3.63) is 0 Å². The van der Waals surface area contributed by atoms with Crippen LogP contribution in [0.2, 0.25) is 0 Å².